The maximum absolute atomic E-state index is 13.1. The zero-order chi connectivity index (χ0) is 17.8. The Labute approximate surface area is 146 Å². The van der Waals surface area contributed by atoms with Gasteiger partial charge in [0.2, 0.25) is 5.91 Å². The summed E-state index contributed by atoms with van der Waals surface area (Å²) < 4.78 is 10.5. The summed E-state index contributed by atoms with van der Waals surface area (Å²) in [4.78, 5) is 27.1. The summed E-state index contributed by atoms with van der Waals surface area (Å²) in [5.41, 5.74) is 1.20. The van der Waals surface area contributed by atoms with E-state index in [0.717, 1.165) is 5.56 Å². The first-order valence-corrected chi connectivity index (χ1v) is 8.00. The van der Waals surface area contributed by atoms with Crippen molar-refractivity contribution in [3.05, 3.63) is 59.7 Å². The molecule has 2 amide bonds. The molecule has 130 valence electrons. The second kappa shape index (κ2) is 7.25. The Balaban J connectivity index is 1.98. The predicted octanol–water partition coefficient (Wildman–Crippen LogP) is 2.02. The van der Waals surface area contributed by atoms with Gasteiger partial charge in [-0.3, -0.25) is 9.59 Å². The molecule has 3 rings (SSSR count). The number of amides is 2. The van der Waals surface area contributed by atoms with Crippen LogP contribution in [-0.4, -0.2) is 44.0 Å². The highest BCUT2D eigenvalue weighted by molar-refractivity contribution is 5.99. The number of piperazine rings is 1. The van der Waals surface area contributed by atoms with Gasteiger partial charge in [-0.05, 0) is 17.7 Å². The quantitative estimate of drug-likeness (QED) is 0.925. The number of carbonyl (C=O) groups excluding carboxylic acids is 2. The Morgan fingerprint density at radius 3 is 2.32 bits per heavy atom. The van der Waals surface area contributed by atoms with Gasteiger partial charge in [0, 0.05) is 24.7 Å². The Hall–Kier alpha value is -3.02. The molecule has 2 aromatic rings. The normalized spacial score (nSPS) is 17.0. The van der Waals surface area contributed by atoms with Crippen molar-refractivity contribution in [3.63, 3.8) is 0 Å². The van der Waals surface area contributed by atoms with Gasteiger partial charge in [0.05, 0.1) is 14.2 Å². The fourth-order valence-electron chi connectivity index (χ4n) is 2.95. The number of benzene rings is 2. The summed E-state index contributed by atoms with van der Waals surface area (Å²) in [5.74, 6) is 0.641. The maximum Gasteiger partial charge on any atom is 0.255 e. The summed E-state index contributed by atoms with van der Waals surface area (Å²) in [5, 5.41) is 2.83. The molecule has 6 heteroatoms. The smallest absolute Gasteiger partial charge is 0.255 e. The maximum atomic E-state index is 13.1. The minimum absolute atomic E-state index is 0.180. The van der Waals surface area contributed by atoms with Crippen LogP contribution < -0.4 is 14.8 Å². The molecular formula is C19H20N2O4. The molecular weight excluding hydrogens is 320 g/mol. The summed E-state index contributed by atoms with van der Waals surface area (Å²) in [6, 6.07) is 13.6. The standard InChI is InChI=1S/C19H20N2O4/c1-24-15-10-14(11-16(12-15)25-2)19(23)21-9-8-20-18(22)17(21)13-6-4-3-5-7-13/h3-7,10-12,17H,8-9H2,1-2H3,(H,20,22). The van der Waals surface area contributed by atoms with Gasteiger partial charge in [-0.25, -0.2) is 0 Å². The Kier molecular flexibility index (Phi) is 4.88. The number of rotatable bonds is 4. The van der Waals surface area contributed by atoms with E-state index in [9.17, 15) is 9.59 Å². The van der Waals surface area contributed by atoms with Crippen LogP contribution in [0.2, 0.25) is 0 Å². The monoisotopic (exact) mass is 340 g/mol. The van der Waals surface area contributed by atoms with Crippen molar-refractivity contribution in [3.8, 4) is 11.5 Å². The van der Waals surface area contributed by atoms with E-state index in [-0.39, 0.29) is 11.8 Å². The van der Waals surface area contributed by atoms with E-state index in [2.05, 4.69) is 5.32 Å². The molecule has 1 fully saturated rings. The molecule has 1 heterocycles. The number of nitrogens with one attached hydrogen (secondary N) is 1. The summed E-state index contributed by atoms with van der Waals surface area (Å²) in [6.45, 7) is 0.860. The molecule has 0 spiro atoms. The van der Waals surface area contributed by atoms with Gasteiger partial charge in [0.15, 0.2) is 0 Å². The first kappa shape index (κ1) is 16.8. The third-order valence-corrected chi connectivity index (χ3v) is 4.19. The van der Waals surface area contributed by atoms with Crippen molar-refractivity contribution >= 4 is 11.8 Å². The van der Waals surface area contributed by atoms with Crippen LogP contribution in [0.3, 0.4) is 0 Å². The highest BCUT2D eigenvalue weighted by Gasteiger charge is 2.34. The first-order chi connectivity index (χ1) is 12.1. The highest BCUT2D eigenvalue weighted by Crippen LogP contribution is 2.28. The predicted molar refractivity (Wildman–Crippen MR) is 92.8 cm³/mol. The molecule has 0 radical (unpaired) electrons. The number of carbonyl (C=O) groups is 2. The second-order valence-electron chi connectivity index (χ2n) is 5.70. The minimum Gasteiger partial charge on any atom is -0.497 e. The van der Waals surface area contributed by atoms with E-state index in [0.29, 0.717) is 30.2 Å². The van der Waals surface area contributed by atoms with Crippen molar-refractivity contribution < 1.29 is 19.1 Å². The number of ether oxygens (including phenoxy) is 2. The third-order valence-electron chi connectivity index (χ3n) is 4.19. The number of methoxy groups -OCH3 is 2. The van der Waals surface area contributed by atoms with Gasteiger partial charge in [-0.15, -0.1) is 0 Å². The average molecular weight is 340 g/mol. The lowest BCUT2D eigenvalue weighted by Gasteiger charge is -2.35. The van der Waals surface area contributed by atoms with Crippen LogP contribution in [0.4, 0.5) is 0 Å². The summed E-state index contributed by atoms with van der Waals surface area (Å²) in [7, 11) is 3.06. The molecule has 0 saturated carbocycles. The lowest BCUT2D eigenvalue weighted by molar-refractivity contribution is -0.128. The van der Waals surface area contributed by atoms with Crippen LogP contribution in [0.25, 0.3) is 0 Å². The van der Waals surface area contributed by atoms with E-state index in [4.69, 9.17) is 9.47 Å². The number of hydrogen-bond acceptors (Lipinski definition) is 4. The van der Waals surface area contributed by atoms with Crippen LogP contribution in [-0.2, 0) is 4.79 Å². The summed E-state index contributed by atoms with van der Waals surface area (Å²) in [6.07, 6.45) is 0. The van der Waals surface area contributed by atoms with E-state index in [1.54, 1.807) is 23.1 Å². The summed E-state index contributed by atoms with van der Waals surface area (Å²) >= 11 is 0. The second-order valence-corrected chi connectivity index (χ2v) is 5.70. The SMILES string of the molecule is COc1cc(OC)cc(C(=O)N2CCNC(=O)C2c2ccccc2)c1. The van der Waals surface area contributed by atoms with Crippen molar-refractivity contribution in [2.75, 3.05) is 27.3 Å². The highest BCUT2D eigenvalue weighted by atomic mass is 16.5. The topological polar surface area (TPSA) is 67.9 Å². The molecule has 1 aliphatic heterocycles. The molecule has 1 N–H and O–H groups in total. The molecule has 0 aliphatic carbocycles. The molecule has 0 bridgehead atoms. The van der Waals surface area contributed by atoms with Crippen molar-refractivity contribution in [2.24, 2.45) is 0 Å². The lowest BCUT2D eigenvalue weighted by Crippen LogP contribution is -2.52. The zero-order valence-electron chi connectivity index (χ0n) is 14.2. The fraction of sp³-hybridized carbons (Fsp3) is 0.263. The van der Waals surface area contributed by atoms with Gasteiger partial charge in [0.25, 0.3) is 5.91 Å². The molecule has 0 aromatic heterocycles. The lowest BCUT2D eigenvalue weighted by atomic mass is 10.0. The number of nitrogens with zero attached hydrogens (tertiary/aromatic N) is 1. The average Bonchev–Trinajstić information content (AvgIpc) is 2.67. The van der Waals surface area contributed by atoms with E-state index in [1.807, 2.05) is 30.3 Å². The Bertz CT molecular complexity index is 754. The van der Waals surface area contributed by atoms with Gasteiger partial charge in [-0.1, -0.05) is 30.3 Å². The van der Waals surface area contributed by atoms with Crippen LogP contribution in [0, 0.1) is 0 Å². The third kappa shape index (κ3) is 3.42. The fourth-order valence-corrected chi connectivity index (χ4v) is 2.95. The van der Waals surface area contributed by atoms with E-state index >= 15 is 0 Å². The van der Waals surface area contributed by atoms with Crippen molar-refractivity contribution in [1.82, 2.24) is 10.2 Å². The Morgan fingerprint density at radius 2 is 1.72 bits per heavy atom. The van der Waals surface area contributed by atoms with Crippen molar-refractivity contribution in [2.45, 2.75) is 6.04 Å². The molecule has 6 nitrogen and oxygen atoms in total. The minimum atomic E-state index is -0.653. The van der Waals surface area contributed by atoms with Gasteiger partial charge in [-0.2, -0.15) is 0 Å². The van der Waals surface area contributed by atoms with Gasteiger partial charge in [0.1, 0.15) is 17.5 Å². The van der Waals surface area contributed by atoms with E-state index < -0.39 is 6.04 Å². The van der Waals surface area contributed by atoms with Crippen LogP contribution in [0.1, 0.15) is 22.0 Å². The van der Waals surface area contributed by atoms with Crippen LogP contribution in [0.15, 0.2) is 48.5 Å². The Morgan fingerprint density at radius 1 is 1.08 bits per heavy atom. The molecule has 1 aliphatic rings. The van der Waals surface area contributed by atoms with Crippen molar-refractivity contribution in [1.29, 1.82) is 0 Å². The molecule has 1 unspecified atom stereocenters. The van der Waals surface area contributed by atoms with Crippen LogP contribution in [0.5, 0.6) is 11.5 Å². The number of hydrogen-bond donors (Lipinski definition) is 1. The molecule has 2 aromatic carbocycles. The van der Waals surface area contributed by atoms with Crippen LogP contribution >= 0.6 is 0 Å². The first-order valence-electron chi connectivity index (χ1n) is 8.00. The largest absolute Gasteiger partial charge is 0.497 e. The van der Waals surface area contributed by atoms with E-state index in [1.165, 1.54) is 14.2 Å². The zero-order valence-corrected chi connectivity index (χ0v) is 14.2. The van der Waals surface area contributed by atoms with Gasteiger partial charge >= 0.3 is 0 Å². The molecule has 1 saturated heterocycles. The molecule has 1 atom stereocenters. The van der Waals surface area contributed by atoms with Gasteiger partial charge < -0.3 is 19.7 Å². The molecule has 25 heavy (non-hydrogen) atoms.